The molecule has 1 aromatic heterocycles. The first kappa shape index (κ1) is 13.9. The van der Waals surface area contributed by atoms with Gasteiger partial charge in [0, 0.05) is 44.1 Å². The molecule has 0 aliphatic carbocycles. The van der Waals surface area contributed by atoms with E-state index in [9.17, 15) is 5.11 Å². The van der Waals surface area contributed by atoms with Crippen molar-refractivity contribution in [3.63, 3.8) is 0 Å². The number of rotatable bonds is 5. The smallest absolute Gasteiger partial charge is 0.0795 e. The lowest BCUT2D eigenvalue weighted by molar-refractivity contribution is 0.0334. The highest BCUT2D eigenvalue weighted by atomic mass is 32.1. The van der Waals surface area contributed by atoms with Crippen molar-refractivity contribution in [3.8, 4) is 0 Å². The lowest BCUT2D eigenvalue weighted by Crippen LogP contribution is -2.54. The summed E-state index contributed by atoms with van der Waals surface area (Å²) in [6.07, 6.45) is 0.907. The second-order valence-electron chi connectivity index (χ2n) is 5.12. The molecule has 0 aromatic carbocycles. The summed E-state index contributed by atoms with van der Waals surface area (Å²) in [5, 5.41) is 11.7. The summed E-state index contributed by atoms with van der Waals surface area (Å²) in [6.45, 7) is 9.06. The third-order valence-corrected chi connectivity index (χ3v) is 4.16. The maximum atomic E-state index is 9.53. The Hall–Kier alpha value is -0.490. The number of hydrogen-bond acceptors (Lipinski definition) is 5. The van der Waals surface area contributed by atoms with Crippen molar-refractivity contribution in [2.45, 2.75) is 39.0 Å². The molecule has 1 N–H and O–H groups in total. The van der Waals surface area contributed by atoms with Crippen molar-refractivity contribution in [1.82, 2.24) is 14.8 Å². The molecule has 1 aliphatic rings. The van der Waals surface area contributed by atoms with E-state index in [-0.39, 0.29) is 6.10 Å². The average molecular weight is 269 g/mol. The van der Waals surface area contributed by atoms with Gasteiger partial charge in [-0.15, -0.1) is 11.3 Å². The molecule has 0 bridgehead atoms. The van der Waals surface area contributed by atoms with Gasteiger partial charge < -0.3 is 5.11 Å². The molecule has 2 rings (SSSR count). The molecule has 18 heavy (non-hydrogen) atoms. The van der Waals surface area contributed by atoms with E-state index in [1.807, 2.05) is 12.4 Å². The number of β-amino-alcohol motifs (C(OH)–C–C–N with tert-alkyl or cyclic N) is 1. The van der Waals surface area contributed by atoms with Crippen molar-refractivity contribution in [1.29, 1.82) is 0 Å². The Morgan fingerprint density at radius 2 is 2.39 bits per heavy atom. The zero-order chi connectivity index (χ0) is 13.0. The van der Waals surface area contributed by atoms with Crippen LogP contribution in [0.25, 0.3) is 0 Å². The minimum absolute atomic E-state index is 0.232. The van der Waals surface area contributed by atoms with Gasteiger partial charge in [0.05, 0.1) is 17.3 Å². The maximum Gasteiger partial charge on any atom is 0.0795 e. The number of nitrogens with zero attached hydrogens (tertiary/aromatic N) is 3. The van der Waals surface area contributed by atoms with Crippen LogP contribution in [0.15, 0.2) is 10.9 Å². The molecule has 0 saturated carbocycles. The Kier molecular flexibility index (Phi) is 5.12. The molecule has 1 fully saturated rings. The highest BCUT2D eigenvalue weighted by molar-refractivity contribution is 7.07. The Morgan fingerprint density at radius 1 is 1.56 bits per heavy atom. The van der Waals surface area contributed by atoms with E-state index in [1.54, 1.807) is 11.3 Å². The molecule has 2 atom stereocenters. The van der Waals surface area contributed by atoms with Crippen LogP contribution >= 0.6 is 11.3 Å². The third-order valence-electron chi connectivity index (χ3n) is 3.53. The van der Waals surface area contributed by atoms with Gasteiger partial charge in [-0.3, -0.25) is 9.80 Å². The zero-order valence-corrected chi connectivity index (χ0v) is 12.1. The van der Waals surface area contributed by atoms with Crippen LogP contribution in [0.4, 0.5) is 0 Å². The van der Waals surface area contributed by atoms with Gasteiger partial charge in [-0.05, 0) is 13.3 Å². The van der Waals surface area contributed by atoms with Gasteiger partial charge in [0.1, 0.15) is 0 Å². The van der Waals surface area contributed by atoms with Crippen LogP contribution in [0.5, 0.6) is 0 Å². The van der Waals surface area contributed by atoms with Gasteiger partial charge >= 0.3 is 0 Å². The fourth-order valence-electron chi connectivity index (χ4n) is 2.61. The number of hydrogen-bond donors (Lipinski definition) is 1. The summed E-state index contributed by atoms with van der Waals surface area (Å²) in [5.74, 6) is 0. The third kappa shape index (κ3) is 3.75. The highest BCUT2D eigenvalue weighted by Gasteiger charge is 2.26. The molecule has 0 radical (unpaired) electrons. The van der Waals surface area contributed by atoms with E-state index in [2.05, 4.69) is 27.1 Å². The molecule has 1 aliphatic heterocycles. The lowest BCUT2D eigenvalue weighted by Gasteiger charge is -2.41. The van der Waals surface area contributed by atoms with E-state index in [0.717, 1.165) is 39.1 Å². The van der Waals surface area contributed by atoms with E-state index in [0.29, 0.717) is 6.04 Å². The fraction of sp³-hybridized carbons (Fsp3) is 0.769. The Morgan fingerprint density at radius 3 is 3.00 bits per heavy atom. The second kappa shape index (κ2) is 6.61. The van der Waals surface area contributed by atoms with Crippen molar-refractivity contribution < 1.29 is 5.11 Å². The predicted octanol–water partition coefficient (Wildman–Crippen LogP) is 1.42. The Bertz CT molecular complexity index is 342. The predicted molar refractivity (Wildman–Crippen MR) is 74.7 cm³/mol. The SMILES string of the molecule is CC[C@H]1CN(Cc2cscn2)CCN1C[C@H](C)O. The fourth-order valence-corrected chi connectivity index (χ4v) is 3.16. The van der Waals surface area contributed by atoms with Crippen LogP contribution in [-0.2, 0) is 6.54 Å². The topological polar surface area (TPSA) is 39.6 Å². The molecule has 1 saturated heterocycles. The minimum atomic E-state index is -0.232. The molecular weight excluding hydrogens is 246 g/mol. The van der Waals surface area contributed by atoms with Gasteiger partial charge in [0.25, 0.3) is 0 Å². The first-order valence-electron chi connectivity index (χ1n) is 6.70. The molecule has 4 nitrogen and oxygen atoms in total. The highest BCUT2D eigenvalue weighted by Crippen LogP contribution is 2.15. The minimum Gasteiger partial charge on any atom is -0.392 e. The summed E-state index contributed by atoms with van der Waals surface area (Å²) >= 11 is 1.66. The van der Waals surface area contributed by atoms with Crippen molar-refractivity contribution in [2.75, 3.05) is 26.2 Å². The van der Waals surface area contributed by atoms with E-state index in [4.69, 9.17) is 0 Å². The molecule has 0 amide bonds. The molecule has 2 heterocycles. The molecule has 0 spiro atoms. The van der Waals surface area contributed by atoms with Crippen LogP contribution in [-0.4, -0.2) is 58.2 Å². The molecule has 0 unspecified atom stereocenters. The molecular formula is C13H23N3OS. The summed E-state index contributed by atoms with van der Waals surface area (Å²) in [7, 11) is 0. The maximum absolute atomic E-state index is 9.53. The van der Waals surface area contributed by atoms with Crippen LogP contribution in [0, 0.1) is 0 Å². The van der Waals surface area contributed by atoms with Crippen LogP contribution in [0.1, 0.15) is 26.0 Å². The average Bonchev–Trinajstić information content (AvgIpc) is 2.83. The van der Waals surface area contributed by atoms with Crippen LogP contribution < -0.4 is 0 Å². The van der Waals surface area contributed by atoms with Gasteiger partial charge in [0.2, 0.25) is 0 Å². The summed E-state index contributed by atoms with van der Waals surface area (Å²) in [4.78, 5) is 9.24. The normalized spacial score (nSPS) is 24.3. The number of aliphatic hydroxyl groups excluding tert-OH is 1. The summed E-state index contributed by atoms with van der Waals surface area (Å²) < 4.78 is 0. The van der Waals surface area contributed by atoms with Crippen molar-refractivity contribution >= 4 is 11.3 Å². The largest absolute Gasteiger partial charge is 0.392 e. The zero-order valence-electron chi connectivity index (χ0n) is 11.2. The van der Waals surface area contributed by atoms with E-state index < -0.39 is 0 Å². The Balaban J connectivity index is 1.87. The van der Waals surface area contributed by atoms with Gasteiger partial charge in [-0.2, -0.15) is 0 Å². The van der Waals surface area contributed by atoms with Gasteiger partial charge in [-0.1, -0.05) is 6.92 Å². The summed E-state index contributed by atoms with van der Waals surface area (Å²) in [6, 6.07) is 0.562. The van der Waals surface area contributed by atoms with Crippen LogP contribution in [0.2, 0.25) is 0 Å². The van der Waals surface area contributed by atoms with Gasteiger partial charge in [-0.25, -0.2) is 4.98 Å². The molecule has 102 valence electrons. The van der Waals surface area contributed by atoms with Crippen molar-refractivity contribution in [2.24, 2.45) is 0 Å². The number of thiazole rings is 1. The van der Waals surface area contributed by atoms with Crippen LogP contribution in [0.3, 0.4) is 0 Å². The first-order valence-corrected chi connectivity index (χ1v) is 7.64. The van der Waals surface area contributed by atoms with E-state index >= 15 is 0 Å². The second-order valence-corrected chi connectivity index (χ2v) is 5.84. The number of aliphatic hydroxyl groups is 1. The molecule has 5 heteroatoms. The standard InChI is InChI=1S/C13H23N3OS/c1-3-13-8-15(7-12-9-18-10-14-12)4-5-16(13)6-11(2)17/h9-11,13,17H,3-8H2,1-2H3/t11-,13-/m0/s1. The van der Waals surface area contributed by atoms with Gasteiger partial charge in [0.15, 0.2) is 0 Å². The summed E-state index contributed by atoms with van der Waals surface area (Å²) in [5.41, 5.74) is 3.08. The quantitative estimate of drug-likeness (QED) is 0.877. The van der Waals surface area contributed by atoms with E-state index in [1.165, 1.54) is 5.69 Å². The first-order chi connectivity index (χ1) is 8.69. The lowest BCUT2D eigenvalue weighted by atomic mass is 10.1. The monoisotopic (exact) mass is 269 g/mol. The molecule has 1 aromatic rings. The Labute approximate surface area is 113 Å². The number of aromatic nitrogens is 1. The number of piperazine rings is 1. The van der Waals surface area contributed by atoms with Crippen molar-refractivity contribution in [3.05, 3.63) is 16.6 Å².